The SMILES string of the molecule is CCSCC(C)N1CC(C)NCC1C(C)C. The molecule has 3 unspecified atom stereocenters. The molecule has 0 amide bonds. The number of hydrogen-bond acceptors (Lipinski definition) is 3. The molecule has 16 heavy (non-hydrogen) atoms. The van der Waals surface area contributed by atoms with E-state index in [4.69, 9.17) is 0 Å². The number of nitrogens with one attached hydrogen (secondary N) is 1. The molecule has 0 radical (unpaired) electrons. The maximum Gasteiger partial charge on any atom is 0.0247 e. The molecule has 1 saturated heterocycles. The molecule has 0 saturated carbocycles. The van der Waals surface area contributed by atoms with Gasteiger partial charge in [0.25, 0.3) is 0 Å². The van der Waals surface area contributed by atoms with E-state index in [1.54, 1.807) is 0 Å². The zero-order chi connectivity index (χ0) is 12.1. The summed E-state index contributed by atoms with van der Waals surface area (Å²) >= 11 is 2.06. The lowest BCUT2D eigenvalue weighted by molar-refractivity contribution is 0.0749. The summed E-state index contributed by atoms with van der Waals surface area (Å²) in [5, 5.41) is 3.61. The minimum absolute atomic E-state index is 0.643. The van der Waals surface area contributed by atoms with Gasteiger partial charge in [-0.25, -0.2) is 0 Å². The third kappa shape index (κ3) is 3.94. The van der Waals surface area contributed by atoms with E-state index < -0.39 is 0 Å². The third-order valence-electron chi connectivity index (χ3n) is 3.48. The third-order valence-corrected chi connectivity index (χ3v) is 4.61. The van der Waals surface area contributed by atoms with Crippen LogP contribution in [0.1, 0.15) is 34.6 Å². The highest BCUT2D eigenvalue weighted by molar-refractivity contribution is 7.99. The van der Waals surface area contributed by atoms with Gasteiger partial charge in [0.1, 0.15) is 0 Å². The summed E-state index contributed by atoms with van der Waals surface area (Å²) in [5.41, 5.74) is 0. The van der Waals surface area contributed by atoms with E-state index in [1.807, 2.05) is 0 Å². The molecule has 0 spiro atoms. The van der Waals surface area contributed by atoms with Gasteiger partial charge >= 0.3 is 0 Å². The van der Waals surface area contributed by atoms with Crippen molar-refractivity contribution in [2.45, 2.75) is 52.7 Å². The molecule has 0 bridgehead atoms. The zero-order valence-electron chi connectivity index (χ0n) is 11.5. The van der Waals surface area contributed by atoms with E-state index in [9.17, 15) is 0 Å². The minimum atomic E-state index is 0.643. The second kappa shape index (κ2) is 6.87. The Balaban J connectivity index is 2.56. The van der Waals surface area contributed by atoms with Gasteiger partial charge in [0.15, 0.2) is 0 Å². The predicted octanol–water partition coefficient (Wildman–Crippen LogP) is 2.45. The number of piperazine rings is 1. The van der Waals surface area contributed by atoms with Gasteiger partial charge in [-0.2, -0.15) is 11.8 Å². The van der Waals surface area contributed by atoms with E-state index in [0.717, 1.165) is 12.5 Å². The van der Waals surface area contributed by atoms with Crippen molar-refractivity contribution in [2.24, 2.45) is 5.92 Å². The summed E-state index contributed by atoms with van der Waals surface area (Å²) in [6.07, 6.45) is 0. The smallest absolute Gasteiger partial charge is 0.0247 e. The Kier molecular flexibility index (Phi) is 6.16. The van der Waals surface area contributed by atoms with Crippen LogP contribution in [0.2, 0.25) is 0 Å². The normalized spacial score (nSPS) is 29.6. The lowest BCUT2D eigenvalue weighted by atomic mass is 9.97. The molecule has 1 fully saturated rings. The molecule has 0 aliphatic carbocycles. The van der Waals surface area contributed by atoms with Crippen molar-refractivity contribution < 1.29 is 0 Å². The van der Waals surface area contributed by atoms with Gasteiger partial charge < -0.3 is 5.32 Å². The maximum absolute atomic E-state index is 3.61. The Bertz CT molecular complexity index is 196. The number of nitrogens with zero attached hydrogens (tertiary/aromatic N) is 1. The van der Waals surface area contributed by atoms with Crippen LogP contribution in [-0.2, 0) is 0 Å². The average molecular weight is 244 g/mol. The molecule has 96 valence electrons. The standard InChI is InChI=1S/C13H28N2S/c1-6-16-9-12(5)15-8-11(4)14-7-13(15)10(2)3/h10-14H,6-9H2,1-5H3. The van der Waals surface area contributed by atoms with Gasteiger partial charge in [-0.05, 0) is 25.5 Å². The van der Waals surface area contributed by atoms with Gasteiger partial charge in [-0.15, -0.1) is 0 Å². The molecule has 1 heterocycles. The summed E-state index contributed by atoms with van der Waals surface area (Å²) in [4.78, 5) is 2.72. The van der Waals surface area contributed by atoms with Crippen molar-refractivity contribution >= 4 is 11.8 Å². The maximum atomic E-state index is 3.61. The summed E-state index contributed by atoms with van der Waals surface area (Å²) in [7, 11) is 0. The van der Waals surface area contributed by atoms with Gasteiger partial charge in [0, 0.05) is 37.0 Å². The van der Waals surface area contributed by atoms with Crippen molar-refractivity contribution in [3.8, 4) is 0 Å². The number of rotatable bonds is 5. The fraction of sp³-hybridized carbons (Fsp3) is 1.00. The Morgan fingerprint density at radius 2 is 2.06 bits per heavy atom. The fourth-order valence-corrected chi connectivity index (χ4v) is 3.23. The monoisotopic (exact) mass is 244 g/mol. The van der Waals surface area contributed by atoms with Crippen molar-refractivity contribution in [2.75, 3.05) is 24.6 Å². The van der Waals surface area contributed by atoms with E-state index in [1.165, 1.54) is 18.1 Å². The van der Waals surface area contributed by atoms with E-state index in [2.05, 4.69) is 56.6 Å². The highest BCUT2D eigenvalue weighted by Gasteiger charge is 2.30. The molecule has 0 aromatic carbocycles. The lowest BCUT2D eigenvalue weighted by Crippen LogP contribution is -2.60. The first kappa shape index (κ1) is 14.3. The molecule has 1 N–H and O–H groups in total. The zero-order valence-corrected chi connectivity index (χ0v) is 12.3. The first-order valence-corrected chi connectivity index (χ1v) is 7.78. The van der Waals surface area contributed by atoms with Crippen molar-refractivity contribution in [1.82, 2.24) is 10.2 Å². The van der Waals surface area contributed by atoms with Crippen LogP contribution >= 0.6 is 11.8 Å². The van der Waals surface area contributed by atoms with Gasteiger partial charge in [-0.3, -0.25) is 4.90 Å². The first-order chi connectivity index (χ1) is 7.56. The lowest BCUT2D eigenvalue weighted by Gasteiger charge is -2.44. The van der Waals surface area contributed by atoms with Gasteiger partial charge in [-0.1, -0.05) is 20.8 Å². The second-order valence-corrected chi connectivity index (χ2v) is 6.64. The molecule has 2 nitrogen and oxygen atoms in total. The molecule has 1 rings (SSSR count). The molecule has 1 aliphatic heterocycles. The Morgan fingerprint density at radius 3 is 2.62 bits per heavy atom. The van der Waals surface area contributed by atoms with E-state index >= 15 is 0 Å². The fourth-order valence-electron chi connectivity index (χ4n) is 2.46. The minimum Gasteiger partial charge on any atom is -0.311 e. The van der Waals surface area contributed by atoms with Crippen molar-refractivity contribution in [3.05, 3.63) is 0 Å². The van der Waals surface area contributed by atoms with Crippen LogP contribution in [0.4, 0.5) is 0 Å². The second-order valence-electron chi connectivity index (χ2n) is 5.33. The Hall–Kier alpha value is 0.270. The molecule has 0 aromatic rings. The number of hydrogen-bond donors (Lipinski definition) is 1. The van der Waals surface area contributed by atoms with Gasteiger partial charge in [0.2, 0.25) is 0 Å². The van der Waals surface area contributed by atoms with E-state index in [-0.39, 0.29) is 0 Å². The van der Waals surface area contributed by atoms with Crippen LogP contribution in [-0.4, -0.2) is 47.6 Å². The van der Waals surface area contributed by atoms with Crippen molar-refractivity contribution in [1.29, 1.82) is 0 Å². The predicted molar refractivity (Wildman–Crippen MR) is 75.3 cm³/mol. The molecule has 1 aliphatic rings. The molecular weight excluding hydrogens is 216 g/mol. The molecule has 3 atom stereocenters. The van der Waals surface area contributed by atoms with Crippen LogP contribution in [0.15, 0.2) is 0 Å². The molecule has 3 heteroatoms. The quantitative estimate of drug-likeness (QED) is 0.800. The Morgan fingerprint density at radius 1 is 1.38 bits per heavy atom. The average Bonchev–Trinajstić information content (AvgIpc) is 2.25. The van der Waals surface area contributed by atoms with Crippen LogP contribution in [0.25, 0.3) is 0 Å². The van der Waals surface area contributed by atoms with Crippen molar-refractivity contribution in [3.63, 3.8) is 0 Å². The molecular formula is C13H28N2S. The largest absolute Gasteiger partial charge is 0.311 e. The Labute approximate surface area is 106 Å². The highest BCUT2D eigenvalue weighted by Crippen LogP contribution is 2.20. The van der Waals surface area contributed by atoms with E-state index in [0.29, 0.717) is 18.1 Å². The summed E-state index contributed by atoms with van der Waals surface area (Å²) in [5.74, 6) is 3.25. The first-order valence-electron chi connectivity index (χ1n) is 6.63. The summed E-state index contributed by atoms with van der Waals surface area (Å²) in [6, 6.07) is 2.06. The van der Waals surface area contributed by atoms with Crippen LogP contribution in [0.3, 0.4) is 0 Å². The van der Waals surface area contributed by atoms with Crippen LogP contribution < -0.4 is 5.32 Å². The summed E-state index contributed by atoms with van der Waals surface area (Å²) < 4.78 is 0. The van der Waals surface area contributed by atoms with Gasteiger partial charge in [0.05, 0.1) is 0 Å². The topological polar surface area (TPSA) is 15.3 Å². The van der Waals surface area contributed by atoms with Crippen LogP contribution in [0.5, 0.6) is 0 Å². The number of thioether (sulfide) groups is 1. The highest BCUT2D eigenvalue weighted by atomic mass is 32.2. The summed E-state index contributed by atoms with van der Waals surface area (Å²) in [6.45, 7) is 14.0. The molecule has 0 aromatic heterocycles. The van der Waals surface area contributed by atoms with Crippen LogP contribution in [0, 0.1) is 5.92 Å².